The quantitative estimate of drug-likeness (QED) is 0.687. The lowest BCUT2D eigenvalue weighted by Gasteiger charge is -2.06. The van der Waals surface area contributed by atoms with Crippen molar-refractivity contribution < 1.29 is 18.3 Å². The molecule has 0 amide bonds. The van der Waals surface area contributed by atoms with Gasteiger partial charge in [0.1, 0.15) is 0 Å². The molecule has 88 valence electrons. The lowest BCUT2D eigenvalue weighted by atomic mass is 10.2. The minimum absolute atomic E-state index is 0.0281. The molecule has 0 aliphatic carbocycles. The van der Waals surface area contributed by atoms with Crippen molar-refractivity contribution in [2.75, 3.05) is 6.61 Å². The molecule has 0 bridgehead atoms. The van der Waals surface area contributed by atoms with Crippen molar-refractivity contribution in [3.63, 3.8) is 0 Å². The van der Waals surface area contributed by atoms with Crippen LogP contribution in [0.1, 0.15) is 29.3 Å². The van der Waals surface area contributed by atoms with E-state index >= 15 is 0 Å². The number of H-pyrrole nitrogens is 1. The summed E-state index contributed by atoms with van der Waals surface area (Å²) in [7, 11) is 0. The van der Waals surface area contributed by atoms with Crippen LogP contribution < -0.4 is 5.56 Å². The van der Waals surface area contributed by atoms with Gasteiger partial charge < -0.3 is 9.72 Å². The van der Waals surface area contributed by atoms with Crippen molar-refractivity contribution in [2.45, 2.75) is 13.3 Å². The highest BCUT2D eigenvalue weighted by Crippen LogP contribution is 2.20. The summed E-state index contributed by atoms with van der Waals surface area (Å²) < 4.78 is 29.5. The van der Waals surface area contributed by atoms with E-state index < -0.39 is 23.5 Å². The molecule has 4 nitrogen and oxygen atoms in total. The number of ether oxygens (including phenoxy) is 1. The smallest absolute Gasteiger partial charge is 0.340 e. The van der Waals surface area contributed by atoms with E-state index in [1.54, 1.807) is 6.92 Å². The van der Waals surface area contributed by atoms with Gasteiger partial charge >= 0.3 is 5.97 Å². The van der Waals surface area contributed by atoms with Crippen molar-refractivity contribution in [2.24, 2.45) is 0 Å². The van der Waals surface area contributed by atoms with E-state index in [1.165, 1.54) is 0 Å². The van der Waals surface area contributed by atoms with Crippen LogP contribution in [0.2, 0.25) is 0 Å². The predicted octanol–water partition coefficient (Wildman–Crippen LogP) is 2.25. The minimum atomic E-state index is -2.94. The third kappa shape index (κ3) is 2.66. The first kappa shape index (κ1) is 12.8. The van der Waals surface area contributed by atoms with E-state index in [0.717, 1.165) is 6.07 Å². The molecule has 1 heterocycles. The van der Waals surface area contributed by atoms with Crippen LogP contribution in [-0.2, 0) is 4.74 Å². The highest BCUT2D eigenvalue weighted by atomic mass is 79.9. The number of rotatable bonds is 3. The molecule has 0 fully saturated rings. The Morgan fingerprint density at radius 3 is 2.75 bits per heavy atom. The second kappa shape index (κ2) is 5.20. The zero-order chi connectivity index (χ0) is 12.3. The average Bonchev–Trinajstić information content (AvgIpc) is 2.17. The van der Waals surface area contributed by atoms with Crippen LogP contribution >= 0.6 is 15.9 Å². The van der Waals surface area contributed by atoms with Gasteiger partial charge in [0.05, 0.1) is 22.3 Å². The number of hydrogen-bond donors (Lipinski definition) is 1. The van der Waals surface area contributed by atoms with E-state index in [2.05, 4.69) is 25.7 Å². The number of halogens is 3. The van der Waals surface area contributed by atoms with Gasteiger partial charge in [0.15, 0.2) is 0 Å². The molecule has 1 aromatic heterocycles. The van der Waals surface area contributed by atoms with Crippen molar-refractivity contribution in [3.05, 3.63) is 32.2 Å². The number of alkyl halides is 2. The van der Waals surface area contributed by atoms with E-state index in [-0.39, 0.29) is 16.8 Å². The van der Waals surface area contributed by atoms with Gasteiger partial charge in [0.2, 0.25) is 0 Å². The van der Waals surface area contributed by atoms with Gasteiger partial charge in [-0.1, -0.05) is 0 Å². The number of carbonyl (C=O) groups is 1. The van der Waals surface area contributed by atoms with Gasteiger partial charge in [-0.3, -0.25) is 4.79 Å². The molecule has 1 rings (SSSR count). The monoisotopic (exact) mass is 295 g/mol. The summed E-state index contributed by atoms with van der Waals surface area (Å²) in [5.74, 6) is -0.771. The van der Waals surface area contributed by atoms with Crippen LogP contribution in [0.5, 0.6) is 0 Å². The fraction of sp³-hybridized carbons (Fsp3) is 0.333. The van der Waals surface area contributed by atoms with Crippen LogP contribution in [0.25, 0.3) is 0 Å². The second-order valence-electron chi connectivity index (χ2n) is 2.80. The first-order chi connectivity index (χ1) is 7.47. The maximum atomic E-state index is 12.4. The van der Waals surface area contributed by atoms with Gasteiger partial charge in [-0.25, -0.2) is 13.6 Å². The Labute approximate surface area is 97.7 Å². The van der Waals surface area contributed by atoms with Crippen LogP contribution in [0, 0.1) is 0 Å². The summed E-state index contributed by atoms with van der Waals surface area (Å²) >= 11 is 2.90. The number of aromatic nitrogens is 1. The first-order valence-electron chi connectivity index (χ1n) is 4.35. The number of pyridine rings is 1. The van der Waals surface area contributed by atoms with Crippen LogP contribution in [-0.4, -0.2) is 17.6 Å². The van der Waals surface area contributed by atoms with Crippen molar-refractivity contribution in [1.82, 2.24) is 4.98 Å². The van der Waals surface area contributed by atoms with Crippen LogP contribution in [0.3, 0.4) is 0 Å². The molecule has 0 atom stereocenters. The Morgan fingerprint density at radius 1 is 1.62 bits per heavy atom. The highest BCUT2D eigenvalue weighted by Gasteiger charge is 2.19. The average molecular weight is 296 g/mol. The molecule has 0 aromatic carbocycles. The molecule has 0 saturated heterocycles. The molecule has 1 N–H and O–H groups in total. The van der Waals surface area contributed by atoms with E-state index in [4.69, 9.17) is 0 Å². The molecule has 0 aliphatic heterocycles. The Hall–Kier alpha value is -1.24. The third-order valence-corrected chi connectivity index (χ3v) is 2.38. The molecule has 0 radical (unpaired) electrons. The van der Waals surface area contributed by atoms with Gasteiger partial charge in [0.25, 0.3) is 12.0 Å². The number of hydrogen-bond acceptors (Lipinski definition) is 3. The SMILES string of the molecule is CCOC(=O)c1cc(C(F)F)c(=O)[nH]c1Br. The fourth-order valence-electron chi connectivity index (χ4n) is 1.04. The van der Waals surface area contributed by atoms with Crippen molar-refractivity contribution >= 4 is 21.9 Å². The van der Waals surface area contributed by atoms with Crippen LogP contribution in [0.4, 0.5) is 8.78 Å². The van der Waals surface area contributed by atoms with Gasteiger partial charge in [-0.05, 0) is 28.9 Å². The van der Waals surface area contributed by atoms with Gasteiger partial charge in [-0.2, -0.15) is 0 Å². The Bertz CT molecular complexity index is 459. The standard InChI is InChI=1S/C9H8BrF2NO3/c1-2-16-9(15)4-3-5(7(11)12)8(14)13-6(4)10/h3,7H,2H2,1H3,(H,13,14). The molecule has 16 heavy (non-hydrogen) atoms. The van der Waals surface area contributed by atoms with Gasteiger partial charge in [0, 0.05) is 0 Å². The zero-order valence-corrected chi connectivity index (χ0v) is 9.81. The summed E-state index contributed by atoms with van der Waals surface area (Å²) in [4.78, 5) is 24.5. The van der Waals surface area contributed by atoms with Crippen molar-refractivity contribution in [3.8, 4) is 0 Å². The lowest BCUT2D eigenvalue weighted by Crippen LogP contribution is -2.17. The maximum absolute atomic E-state index is 12.4. The molecule has 7 heteroatoms. The molecule has 0 aliphatic rings. The topological polar surface area (TPSA) is 59.2 Å². The minimum Gasteiger partial charge on any atom is -0.462 e. The molecular weight excluding hydrogens is 288 g/mol. The zero-order valence-electron chi connectivity index (χ0n) is 8.22. The number of aromatic amines is 1. The van der Waals surface area contributed by atoms with E-state index in [9.17, 15) is 18.4 Å². The summed E-state index contributed by atoms with van der Waals surface area (Å²) in [6, 6.07) is 0.825. The van der Waals surface area contributed by atoms with E-state index in [0.29, 0.717) is 0 Å². The molecule has 0 spiro atoms. The Morgan fingerprint density at radius 2 is 2.25 bits per heavy atom. The summed E-state index contributed by atoms with van der Waals surface area (Å²) in [5, 5.41) is 0. The molecule has 0 unspecified atom stereocenters. The van der Waals surface area contributed by atoms with Gasteiger partial charge in [-0.15, -0.1) is 0 Å². The maximum Gasteiger partial charge on any atom is 0.340 e. The van der Waals surface area contributed by atoms with E-state index in [1.807, 2.05) is 0 Å². The number of nitrogens with one attached hydrogen (secondary N) is 1. The molecular formula is C9H8BrF2NO3. The first-order valence-corrected chi connectivity index (χ1v) is 5.14. The summed E-state index contributed by atoms with van der Waals surface area (Å²) in [6.45, 7) is 1.71. The van der Waals surface area contributed by atoms with Crippen LogP contribution in [0.15, 0.2) is 15.5 Å². The normalized spacial score (nSPS) is 10.6. The number of esters is 1. The predicted molar refractivity (Wildman–Crippen MR) is 55.7 cm³/mol. The lowest BCUT2D eigenvalue weighted by molar-refractivity contribution is 0.0524. The highest BCUT2D eigenvalue weighted by molar-refractivity contribution is 9.10. The fourth-order valence-corrected chi connectivity index (χ4v) is 1.50. The number of carbonyl (C=O) groups excluding carboxylic acids is 1. The largest absolute Gasteiger partial charge is 0.462 e. The summed E-state index contributed by atoms with van der Waals surface area (Å²) in [5.41, 5.74) is -1.82. The second-order valence-corrected chi connectivity index (χ2v) is 3.60. The third-order valence-electron chi connectivity index (χ3n) is 1.75. The Balaban J connectivity index is 3.25. The van der Waals surface area contributed by atoms with Crippen molar-refractivity contribution in [1.29, 1.82) is 0 Å². The molecule has 1 aromatic rings. The summed E-state index contributed by atoms with van der Waals surface area (Å²) in [6.07, 6.45) is -2.94. The molecule has 0 saturated carbocycles. The Kier molecular flexibility index (Phi) is 4.17.